The van der Waals surface area contributed by atoms with Gasteiger partial charge in [-0.1, -0.05) is 6.92 Å². The van der Waals surface area contributed by atoms with E-state index < -0.39 is 18.4 Å². The minimum atomic E-state index is -1.45. The summed E-state index contributed by atoms with van der Waals surface area (Å²) in [5.41, 5.74) is 5.88. The topological polar surface area (TPSA) is 86.8 Å². The lowest BCUT2D eigenvalue weighted by molar-refractivity contribution is -0.145. The van der Waals surface area contributed by atoms with Crippen LogP contribution in [0.5, 0.6) is 0 Å². The van der Waals surface area contributed by atoms with Crippen molar-refractivity contribution in [2.45, 2.75) is 51.0 Å². The summed E-state index contributed by atoms with van der Waals surface area (Å²) in [6.07, 6.45) is 1.98. The van der Waals surface area contributed by atoms with E-state index in [0.717, 1.165) is 19.3 Å². The molecule has 2 unspecified atom stereocenters. The highest BCUT2D eigenvalue weighted by Gasteiger charge is 2.49. The molecule has 16 heavy (non-hydrogen) atoms. The minimum Gasteiger partial charge on any atom is -0.366 e. The van der Waals surface area contributed by atoms with Crippen LogP contribution in [0, 0.1) is 5.41 Å². The first-order valence-electron chi connectivity index (χ1n) is 5.88. The summed E-state index contributed by atoms with van der Waals surface area (Å²) in [6, 6.07) is -0.965. The molecule has 5 nitrogen and oxygen atoms in total. The number of likely N-dealkylation sites (tertiary alicyclic amines) is 1. The molecule has 2 fully saturated rings. The first-order chi connectivity index (χ1) is 7.46. The summed E-state index contributed by atoms with van der Waals surface area (Å²) in [5, 5.41) is 18.4. The smallest absolute Gasteiger partial charge is 0.240 e. The highest BCUT2D eigenvalue weighted by molar-refractivity contribution is 5.83. The maximum Gasteiger partial charge on any atom is 0.240 e. The number of amides is 1. The van der Waals surface area contributed by atoms with E-state index in [4.69, 9.17) is 5.73 Å². The summed E-state index contributed by atoms with van der Waals surface area (Å²) < 4.78 is 0. The predicted molar refractivity (Wildman–Crippen MR) is 58.3 cm³/mol. The van der Waals surface area contributed by atoms with E-state index in [-0.39, 0.29) is 11.3 Å². The number of hydrogen-bond donors (Lipinski definition) is 3. The largest absolute Gasteiger partial charge is 0.366 e. The van der Waals surface area contributed by atoms with Crippen molar-refractivity contribution in [2.24, 2.45) is 11.1 Å². The Morgan fingerprint density at radius 3 is 2.62 bits per heavy atom. The Balaban J connectivity index is 2.03. The summed E-state index contributed by atoms with van der Waals surface area (Å²) >= 11 is 0. The molecule has 5 heteroatoms. The lowest BCUT2D eigenvalue weighted by atomic mass is 9.98. The van der Waals surface area contributed by atoms with E-state index in [9.17, 15) is 15.0 Å². The zero-order chi connectivity index (χ0) is 11.9. The summed E-state index contributed by atoms with van der Waals surface area (Å²) in [5.74, 6) is -0.129. The maximum atomic E-state index is 12.1. The zero-order valence-electron chi connectivity index (χ0n) is 9.59. The third-order valence-electron chi connectivity index (χ3n) is 3.98. The molecule has 1 aliphatic carbocycles. The number of aliphatic hydroxyl groups is 2. The van der Waals surface area contributed by atoms with Gasteiger partial charge in [-0.3, -0.25) is 4.79 Å². The van der Waals surface area contributed by atoms with E-state index in [1.807, 2.05) is 6.92 Å². The van der Waals surface area contributed by atoms with Gasteiger partial charge in [0.05, 0.1) is 12.1 Å². The molecule has 0 aromatic rings. The summed E-state index contributed by atoms with van der Waals surface area (Å²) in [4.78, 5) is 13.7. The molecule has 1 saturated carbocycles. The highest BCUT2D eigenvalue weighted by Crippen LogP contribution is 2.48. The fourth-order valence-corrected chi connectivity index (χ4v) is 2.36. The molecule has 0 bridgehead atoms. The SMILES string of the molecule is CC1(C(N)C(=O)N2CCCC2C(O)O)CC1. The van der Waals surface area contributed by atoms with Gasteiger partial charge in [0.2, 0.25) is 5.91 Å². The lowest BCUT2D eigenvalue weighted by Gasteiger charge is -2.30. The van der Waals surface area contributed by atoms with E-state index in [1.54, 1.807) is 4.90 Å². The van der Waals surface area contributed by atoms with Gasteiger partial charge in [0.1, 0.15) is 0 Å². The van der Waals surface area contributed by atoms with Gasteiger partial charge in [-0.15, -0.1) is 0 Å². The van der Waals surface area contributed by atoms with Gasteiger partial charge < -0.3 is 20.8 Å². The predicted octanol–water partition coefficient (Wildman–Crippen LogP) is -0.584. The standard InChI is InChI=1S/C11H20N2O3/c1-11(4-5-11)8(12)9(14)13-6-2-3-7(13)10(15)16/h7-8,10,15-16H,2-6,12H2,1H3. The van der Waals surface area contributed by atoms with Crippen LogP contribution in [-0.4, -0.2) is 45.9 Å². The van der Waals surface area contributed by atoms with Gasteiger partial charge in [0.25, 0.3) is 0 Å². The van der Waals surface area contributed by atoms with Gasteiger partial charge in [0, 0.05) is 6.54 Å². The molecule has 0 radical (unpaired) electrons. The van der Waals surface area contributed by atoms with Crippen LogP contribution in [0.15, 0.2) is 0 Å². The molecular weight excluding hydrogens is 208 g/mol. The number of aliphatic hydroxyl groups excluding tert-OH is 1. The minimum absolute atomic E-state index is 0.0648. The second-order valence-electron chi connectivity index (χ2n) is 5.29. The molecule has 0 aromatic heterocycles. The van der Waals surface area contributed by atoms with E-state index in [2.05, 4.69) is 0 Å². The van der Waals surface area contributed by atoms with Crippen LogP contribution >= 0.6 is 0 Å². The Morgan fingerprint density at radius 1 is 1.50 bits per heavy atom. The van der Waals surface area contributed by atoms with Crippen molar-refractivity contribution in [2.75, 3.05) is 6.54 Å². The molecule has 2 rings (SSSR count). The Hall–Kier alpha value is -0.650. The monoisotopic (exact) mass is 228 g/mol. The van der Waals surface area contributed by atoms with Crippen LogP contribution in [-0.2, 0) is 4.79 Å². The lowest BCUT2D eigenvalue weighted by Crippen LogP contribution is -2.52. The molecule has 1 saturated heterocycles. The normalized spacial score (nSPS) is 29.6. The van der Waals surface area contributed by atoms with Crippen molar-refractivity contribution in [3.63, 3.8) is 0 Å². The third kappa shape index (κ3) is 1.95. The molecule has 4 N–H and O–H groups in total. The molecular formula is C11H20N2O3. The number of carbonyl (C=O) groups is 1. The molecule has 0 spiro atoms. The summed E-state index contributed by atoms with van der Waals surface area (Å²) in [6.45, 7) is 2.60. The molecule has 1 amide bonds. The number of carbonyl (C=O) groups excluding carboxylic acids is 1. The summed E-state index contributed by atoms with van der Waals surface area (Å²) in [7, 11) is 0. The average molecular weight is 228 g/mol. The van der Waals surface area contributed by atoms with Crippen LogP contribution in [0.3, 0.4) is 0 Å². The maximum absolute atomic E-state index is 12.1. The van der Waals surface area contributed by atoms with Crippen LogP contribution in [0.4, 0.5) is 0 Å². The molecule has 2 aliphatic rings. The number of nitrogens with zero attached hydrogens (tertiary/aromatic N) is 1. The Kier molecular flexibility index (Phi) is 2.94. The van der Waals surface area contributed by atoms with Crippen LogP contribution in [0.1, 0.15) is 32.6 Å². The molecule has 1 aliphatic heterocycles. The van der Waals surface area contributed by atoms with E-state index in [1.165, 1.54) is 0 Å². The van der Waals surface area contributed by atoms with Crippen molar-refractivity contribution in [1.82, 2.24) is 4.90 Å². The van der Waals surface area contributed by atoms with Gasteiger partial charge in [-0.05, 0) is 31.1 Å². The molecule has 0 aromatic carbocycles. The fraction of sp³-hybridized carbons (Fsp3) is 0.909. The third-order valence-corrected chi connectivity index (χ3v) is 3.98. The molecule has 2 atom stereocenters. The van der Waals surface area contributed by atoms with Gasteiger partial charge in [-0.25, -0.2) is 0 Å². The van der Waals surface area contributed by atoms with Gasteiger partial charge >= 0.3 is 0 Å². The second-order valence-corrected chi connectivity index (χ2v) is 5.29. The van der Waals surface area contributed by atoms with Crippen LogP contribution < -0.4 is 5.73 Å². The van der Waals surface area contributed by atoms with Gasteiger partial charge in [0.15, 0.2) is 6.29 Å². The fourth-order valence-electron chi connectivity index (χ4n) is 2.36. The van der Waals surface area contributed by atoms with Crippen molar-refractivity contribution < 1.29 is 15.0 Å². The number of hydrogen-bond acceptors (Lipinski definition) is 4. The van der Waals surface area contributed by atoms with E-state index in [0.29, 0.717) is 13.0 Å². The van der Waals surface area contributed by atoms with Crippen molar-refractivity contribution in [3.8, 4) is 0 Å². The quantitative estimate of drug-likeness (QED) is 0.564. The molecule has 1 heterocycles. The van der Waals surface area contributed by atoms with Crippen molar-refractivity contribution >= 4 is 5.91 Å². The Morgan fingerprint density at radius 2 is 2.12 bits per heavy atom. The first-order valence-corrected chi connectivity index (χ1v) is 5.88. The van der Waals surface area contributed by atoms with Crippen LogP contribution in [0.2, 0.25) is 0 Å². The Bertz CT molecular complexity index is 289. The molecule has 92 valence electrons. The average Bonchev–Trinajstić information content (AvgIpc) is 2.83. The second kappa shape index (κ2) is 3.98. The highest BCUT2D eigenvalue weighted by atomic mass is 16.5. The zero-order valence-corrected chi connectivity index (χ0v) is 9.59. The number of nitrogens with two attached hydrogens (primary N) is 1. The Labute approximate surface area is 95.2 Å². The first kappa shape index (κ1) is 11.8. The van der Waals surface area contributed by atoms with Crippen molar-refractivity contribution in [1.29, 1.82) is 0 Å². The number of rotatable bonds is 3. The van der Waals surface area contributed by atoms with Gasteiger partial charge in [-0.2, -0.15) is 0 Å². The van der Waals surface area contributed by atoms with E-state index >= 15 is 0 Å². The van der Waals surface area contributed by atoms with Crippen molar-refractivity contribution in [3.05, 3.63) is 0 Å². The van der Waals surface area contributed by atoms with Crippen LogP contribution in [0.25, 0.3) is 0 Å².